The molecule has 0 spiro atoms. The molecule has 4 aromatic rings. The molecule has 0 radical (unpaired) electrons. The number of aromatic nitrogens is 5. The number of ketones is 1. The van der Waals surface area contributed by atoms with Gasteiger partial charge >= 0.3 is 5.97 Å². The summed E-state index contributed by atoms with van der Waals surface area (Å²) in [6.07, 6.45) is 4.13. The van der Waals surface area contributed by atoms with Crippen LogP contribution in [-0.4, -0.2) is 50.6 Å². The van der Waals surface area contributed by atoms with Gasteiger partial charge in [-0.2, -0.15) is 10.2 Å². The molecule has 0 atom stereocenters. The smallest absolute Gasteiger partial charge is 0.346 e. The number of aryl methyl sites for hydroxylation is 4. The predicted molar refractivity (Wildman–Crippen MR) is 142 cm³/mol. The zero-order valence-corrected chi connectivity index (χ0v) is 23.5. The van der Waals surface area contributed by atoms with Crippen LogP contribution in [0.5, 0.6) is 5.88 Å². The van der Waals surface area contributed by atoms with Gasteiger partial charge in [0.05, 0.1) is 33.9 Å². The van der Waals surface area contributed by atoms with Gasteiger partial charge in [-0.05, 0) is 52.0 Å². The predicted octanol–water partition coefficient (Wildman–Crippen LogP) is 3.92. The summed E-state index contributed by atoms with van der Waals surface area (Å²) < 4.78 is 35.6. The molecular formula is C26H28ClN5O5S. The summed E-state index contributed by atoms with van der Waals surface area (Å²) in [5.41, 5.74) is 2.96. The molecule has 3 aromatic heterocycles. The SMILES string of the molecule is CCn1ncc(C(=O)c2ccc(S(C)(=O)=O)c(Cn3nc(C)cc3C)c2Cl)c1OC(=O)c1ccn(C)c1C. The molecule has 0 saturated carbocycles. The van der Waals surface area contributed by atoms with Crippen LogP contribution in [0.2, 0.25) is 5.02 Å². The summed E-state index contributed by atoms with van der Waals surface area (Å²) in [5.74, 6) is -1.21. The number of carbonyl (C=O) groups excluding carboxylic acids is 2. The fourth-order valence-electron chi connectivity index (χ4n) is 4.23. The number of halogens is 1. The molecule has 3 heterocycles. The molecule has 10 nitrogen and oxygen atoms in total. The molecule has 0 aliphatic rings. The van der Waals surface area contributed by atoms with Crippen LogP contribution in [0.1, 0.15) is 55.8 Å². The van der Waals surface area contributed by atoms with Crippen LogP contribution < -0.4 is 4.74 Å². The van der Waals surface area contributed by atoms with Crippen molar-refractivity contribution in [3.63, 3.8) is 0 Å². The minimum Gasteiger partial charge on any atom is -0.403 e. The number of sulfone groups is 1. The van der Waals surface area contributed by atoms with Crippen molar-refractivity contribution < 1.29 is 22.7 Å². The first kappa shape index (κ1) is 27.3. The van der Waals surface area contributed by atoms with Gasteiger partial charge in [0.1, 0.15) is 5.56 Å². The van der Waals surface area contributed by atoms with E-state index in [0.717, 1.165) is 17.6 Å². The molecule has 200 valence electrons. The van der Waals surface area contributed by atoms with Crippen molar-refractivity contribution in [3.8, 4) is 5.88 Å². The summed E-state index contributed by atoms with van der Waals surface area (Å²) >= 11 is 6.73. The molecule has 38 heavy (non-hydrogen) atoms. The summed E-state index contributed by atoms with van der Waals surface area (Å²) in [5, 5.41) is 8.59. The molecule has 0 aliphatic carbocycles. The molecule has 0 unspecified atom stereocenters. The number of esters is 1. The standard InChI is InChI=1S/C26H28ClN5O5S/c1-7-31-25(37-26(34)18-10-11-30(5)17(18)4)20(13-28-31)24(33)19-8-9-22(38(6,35)36)21(23(19)27)14-32-16(3)12-15(2)29-32/h8-13H,7,14H2,1-6H3. The minimum absolute atomic E-state index is 0.00191. The Morgan fingerprint density at radius 1 is 1.05 bits per heavy atom. The third-order valence-electron chi connectivity index (χ3n) is 6.38. The van der Waals surface area contributed by atoms with Gasteiger partial charge in [-0.15, -0.1) is 0 Å². The number of hydrogen-bond donors (Lipinski definition) is 0. The number of hydrogen-bond acceptors (Lipinski definition) is 7. The topological polar surface area (TPSA) is 118 Å². The van der Waals surface area contributed by atoms with Gasteiger partial charge < -0.3 is 9.30 Å². The number of ether oxygens (including phenoxy) is 1. The van der Waals surface area contributed by atoms with E-state index in [-0.39, 0.29) is 39.0 Å². The first-order valence-electron chi connectivity index (χ1n) is 11.8. The quantitative estimate of drug-likeness (QED) is 0.238. The lowest BCUT2D eigenvalue weighted by atomic mass is 10.0. The number of carbonyl (C=O) groups is 2. The van der Waals surface area contributed by atoms with Gasteiger partial charge in [0, 0.05) is 48.6 Å². The highest BCUT2D eigenvalue weighted by molar-refractivity contribution is 7.90. The maximum Gasteiger partial charge on any atom is 0.346 e. The van der Waals surface area contributed by atoms with E-state index in [1.165, 1.54) is 23.0 Å². The lowest BCUT2D eigenvalue weighted by molar-refractivity contribution is 0.0715. The normalized spacial score (nSPS) is 11.7. The molecule has 0 bridgehead atoms. The van der Waals surface area contributed by atoms with Crippen LogP contribution in [0.15, 0.2) is 41.6 Å². The zero-order valence-electron chi connectivity index (χ0n) is 21.9. The van der Waals surface area contributed by atoms with Crippen LogP contribution in [0, 0.1) is 20.8 Å². The van der Waals surface area contributed by atoms with Gasteiger partial charge in [0.2, 0.25) is 11.7 Å². The molecule has 0 aliphatic heterocycles. The average molecular weight is 558 g/mol. The summed E-state index contributed by atoms with van der Waals surface area (Å²) in [7, 11) is -1.86. The second kappa shape index (κ2) is 10.2. The number of benzene rings is 1. The maximum atomic E-state index is 13.7. The maximum absolute atomic E-state index is 13.7. The Morgan fingerprint density at radius 2 is 1.76 bits per heavy atom. The minimum atomic E-state index is -3.67. The lowest BCUT2D eigenvalue weighted by Crippen LogP contribution is -2.16. The van der Waals surface area contributed by atoms with E-state index in [4.69, 9.17) is 16.3 Å². The highest BCUT2D eigenvalue weighted by Gasteiger charge is 2.28. The Balaban J connectivity index is 1.79. The van der Waals surface area contributed by atoms with Crippen molar-refractivity contribution in [2.24, 2.45) is 7.05 Å². The van der Waals surface area contributed by atoms with Crippen molar-refractivity contribution >= 4 is 33.2 Å². The van der Waals surface area contributed by atoms with E-state index in [2.05, 4.69) is 10.2 Å². The first-order chi connectivity index (χ1) is 17.8. The fourth-order valence-corrected chi connectivity index (χ4v) is 5.53. The van der Waals surface area contributed by atoms with E-state index in [1.807, 2.05) is 27.0 Å². The Hall–Kier alpha value is -3.70. The molecule has 4 rings (SSSR count). The van der Waals surface area contributed by atoms with Gasteiger partial charge in [-0.3, -0.25) is 9.48 Å². The average Bonchev–Trinajstić information content (AvgIpc) is 3.50. The van der Waals surface area contributed by atoms with Crippen LogP contribution in [0.3, 0.4) is 0 Å². The molecule has 0 amide bonds. The van der Waals surface area contributed by atoms with Crippen LogP contribution >= 0.6 is 11.6 Å². The molecule has 1 aromatic carbocycles. The van der Waals surface area contributed by atoms with E-state index >= 15 is 0 Å². The van der Waals surface area contributed by atoms with Crippen LogP contribution in [0.25, 0.3) is 0 Å². The summed E-state index contributed by atoms with van der Waals surface area (Å²) in [6.45, 7) is 7.64. The molecule has 0 fully saturated rings. The van der Waals surface area contributed by atoms with Crippen molar-refractivity contribution in [3.05, 3.63) is 81.0 Å². The molecule has 0 N–H and O–H groups in total. The van der Waals surface area contributed by atoms with Gasteiger partial charge in [0.25, 0.3) is 0 Å². The molecule has 0 saturated heterocycles. The van der Waals surface area contributed by atoms with Crippen LogP contribution in [0.4, 0.5) is 0 Å². The Bertz CT molecular complexity index is 1680. The van der Waals surface area contributed by atoms with Gasteiger partial charge in [0.15, 0.2) is 9.84 Å². The van der Waals surface area contributed by atoms with Crippen molar-refractivity contribution in [1.82, 2.24) is 24.1 Å². The van der Waals surface area contributed by atoms with Crippen molar-refractivity contribution in [1.29, 1.82) is 0 Å². The Kier molecular flexibility index (Phi) is 7.35. The number of rotatable bonds is 8. The van der Waals surface area contributed by atoms with Crippen molar-refractivity contribution in [2.75, 3.05) is 6.26 Å². The highest BCUT2D eigenvalue weighted by atomic mass is 35.5. The Morgan fingerprint density at radius 3 is 2.32 bits per heavy atom. The fraction of sp³-hybridized carbons (Fsp3) is 0.308. The second-order valence-corrected chi connectivity index (χ2v) is 11.4. The van der Waals surface area contributed by atoms with Crippen LogP contribution in [-0.2, 0) is 30.0 Å². The monoisotopic (exact) mass is 557 g/mol. The lowest BCUT2D eigenvalue weighted by Gasteiger charge is -2.15. The Labute approximate surface area is 225 Å². The third kappa shape index (κ3) is 5.03. The largest absolute Gasteiger partial charge is 0.403 e. The second-order valence-electron chi connectivity index (χ2n) is 9.08. The van der Waals surface area contributed by atoms with Gasteiger partial charge in [-0.1, -0.05) is 11.6 Å². The molecule has 12 heteroatoms. The number of nitrogens with zero attached hydrogens (tertiary/aromatic N) is 5. The third-order valence-corrected chi connectivity index (χ3v) is 8.00. The molecular weight excluding hydrogens is 530 g/mol. The van der Waals surface area contributed by atoms with E-state index < -0.39 is 21.6 Å². The van der Waals surface area contributed by atoms with Gasteiger partial charge in [-0.25, -0.2) is 17.9 Å². The van der Waals surface area contributed by atoms with E-state index in [1.54, 1.807) is 35.4 Å². The first-order valence-corrected chi connectivity index (χ1v) is 14.1. The summed E-state index contributed by atoms with van der Waals surface area (Å²) in [6, 6.07) is 6.22. The van der Waals surface area contributed by atoms with E-state index in [0.29, 0.717) is 17.8 Å². The summed E-state index contributed by atoms with van der Waals surface area (Å²) in [4.78, 5) is 26.7. The highest BCUT2D eigenvalue weighted by Crippen LogP contribution is 2.33. The van der Waals surface area contributed by atoms with Crippen molar-refractivity contribution in [2.45, 2.75) is 45.7 Å². The van der Waals surface area contributed by atoms with E-state index in [9.17, 15) is 18.0 Å². The zero-order chi connectivity index (χ0) is 27.9.